The molecule has 0 amide bonds. The number of nitrogens with one attached hydrogen (secondary N) is 1. The van der Waals surface area contributed by atoms with E-state index < -0.39 is 0 Å². The van der Waals surface area contributed by atoms with E-state index in [-0.39, 0.29) is 0 Å². The van der Waals surface area contributed by atoms with Crippen molar-refractivity contribution in [3.8, 4) is 5.69 Å². The summed E-state index contributed by atoms with van der Waals surface area (Å²) in [5.41, 5.74) is 6.23. The summed E-state index contributed by atoms with van der Waals surface area (Å²) in [6, 6.07) is 6.84. The van der Waals surface area contributed by atoms with Crippen LogP contribution < -0.4 is 5.32 Å². The lowest BCUT2D eigenvalue weighted by molar-refractivity contribution is 0.587. The molecule has 2 aromatic rings. The lowest BCUT2D eigenvalue weighted by Crippen LogP contribution is -2.22. The molecule has 3 nitrogen and oxygen atoms in total. The summed E-state index contributed by atoms with van der Waals surface area (Å²) < 4.78 is 2.04. The molecule has 0 aliphatic heterocycles. The van der Waals surface area contributed by atoms with Gasteiger partial charge in [-0.15, -0.1) is 0 Å². The molecule has 0 atom stereocenters. The fourth-order valence-corrected chi connectivity index (χ4v) is 2.14. The Morgan fingerprint density at radius 2 is 1.95 bits per heavy atom. The standard InChI is InChI=1S/C16H23N3/c1-11(2)17-9-15-10-18-19(14(15)5)16-8-6-7-12(3)13(16)4/h6-8,10-11,17H,9H2,1-5H3. The summed E-state index contributed by atoms with van der Waals surface area (Å²) in [5.74, 6) is 0. The molecule has 0 saturated carbocycles. The van der Waals surface area contributed by atoms with Gasteiger partial charge in [0.25, 0.3) is 0 Å². The maximum Gasteiger partial charge on any atom is 0.0680 e. The predicted molar refractivity (Wildman–Crippen MR) is 79.8 cm³/mol. The zero-order valence-electron chi connectivity index (χ0n) is 12.5. The first-order valence-electron chi connectivity index (χ1n) is 6.84. The molecule has 0 spiro atoms. The first-order valence-corrected chi connectivity index (χ1v) is 6.84. The van der Waals surface area contributed by atoms with E-state index >= 15 is 0 Å². The second-order valence-electron chi connectivity index (χ2n) is 5.42. The van der Waals surface area contributed by atoms with E-state index in [2.05, 4.69) is 63.2 Å². The second-order valence-corrected chi connectivity index (χ2v) is 5.42. The molecule has 0 fully saturated rings. The minimum atomic E-state index is 0.489. The number of hydrogen-bond donors (Lipinski definition) is 1. The number of hydrogen-bond acceptors (Lipinski definition) is 2. The van der Waals surface area contributed by atoms with Crippen molar-refractivity contribution in [3.63, 3.8) is 0 Å². The summed E-state index contributed by atoms with van der Waals surface area (Å²) in [7, 11) is 0. The average Bonchev–Trinajstić information content (AvgIpc) is 2.72. The molecule has 19 heavy (non-hydrogen) atoms. The van der Waals surface area contributed by atoms with Crippen LogP contribution in [0.25, 0.3) is 5.69 Å². The third kappa shape index (κ3) is 2.87. The van der Waals surface area contributed by atoms with Crippen LogP contribution in [0.5, 0.6) is 0 Å². The van der Waals surface area contributed by atoms with E-state index in [1.165, 1.54) is 28.1 Å². The normalized spacial score (nSPS) is 11.3. The van der Waals surface area contributed by atoms with Gasteiger partial charge in [-0.1, -0.05) is 26.0 Å². The van der Waals surface area contributed by atoms with E-state index in [0.29, 0.717) is 6.04 Å². The lowest BCUT2D eigenvalue weighted by Gasteiger charge is -2.11. The topological polar surface area (TPSA) is 29.9 Å². The molecule has 1 heterocycles. The molecule has 0 aliphatic rings. The molecule has 0 aliphatic carbocycles. The Morgan fingerprint density at radius 1 is 1.21 bits per heavy atom. The van der Waals surface area contributed by atoms with Gasteiger partial charge in [-0.05, 0) is 38.0 Å². The van der Waals surface area contributed by atoms with E-state index in [1.54, 1.807) is 0 Å². The van der Waals surface area contributed by atoms with Gasteiger partial charge in [0.15, 0.2) is 0 Å². The largest absolute Gasteiger partial charge is 0.310 e. The molecular formula is C16H23N3. The SMILES string of the molecule is Cc1cccc(-n2ncc(CNC(C)C)c2C)c1C. The highest BCUT2D eigenvalue weighted by Crippen LogP contribution is 2.20. The number of benzene rings is 1. The number of aryl methyl sites for hydroxylation is 1. The fraction of sp³-hybridized carbons (Fsp3) is 0.438. The molecular weight excluding hydrogens is 234 g/mol. The summed E-state index contributed by atoms with van der Waals surface area (Å²) in [6.45, 7) is 11.6. The maximum absolute atomic E-state index is 4.54. The highest BCUT2D eigenvalue weighted by molar-refractivity contribution is 5.45. The van der Waals surface area contributed by atoms with Crippen molar-refractivity contribution in [1.82, 2.24) is 15.1 Å². The van der Waals surface area contributed by atoms with Crippen LogP contribution in [-0.2, 0) is 6.54 Å². The van der Waals surface area contributed by atoms with Crippen molar-refractivity contribution < 1.29 is 0 Å². The van der Waals surface area contributed by atoms with Crippen molar-refractivity contribution in [2.24, 2.45) is 0 Å². The third-order valence-electron chi connectivity index (χ3n) is 3.62. The van der Waals surface area contributed by atoms with E-state index in [0.717, 1.165) is 6.54 Å². The minimum Gasteiger partial charge on any atom is -0.310 e. The number of aromatic nitrogens is 2. The average molecular weight is 257 g/mol. The minimum absolute atomic E-state index is 0.489. The number of rotatable bonds is 4. The van der Waals surface area contributed by atoms with Crippen molar-refractivity contribution >= 4 is 0 Å². The molecule has 0 unspecified atom stereocenters. The summed E-state index contributed by atoms with van der Waals surface area (Å²) >= 11 is 0. The Hall–Kier alpha value is -1.61. The quantitative estimate of drug-likeness (QED) is 0.911. The maximum atomic E-state index is 4.54. The summed E-state index contributed by atoms with van der Waals surface area (Å²) in [4.78, 5) is 0. The van der Waals surface area contributed by atoms with Crippen LogP contribution >= 0.6 is 0 Å². The monoisotopic (exact) mass is 257 g/mol. The second kappa shape index (κ2) is 5.57. The van der Waals surface area contributed by atoms with E-state index in [9.17, 15) is 0 Å². The lowest BCUT2D eigenvalue weighted by atomic mass is 10.1. The molecule has 3 heteroatoms. The van der Waals surface area contributed by atoms with Crippen LogP contribution in [0, 0.1) is 20.8 Å². The van der Waals surface area contributed by atoms with Gasteiger partial charge in [0, 0.05) is 23.8 Å². The smallest absolute Gasteiger partial charge is 0.0680 e. The fourth-order valence-electron chi connectivity index (χ4n) is 2.14. The molecule has 0 radical (unpaired) electrons. The van der Waals surface area contributed by atoms with Crippen LogP contribution in [0.4, 0.5) is 0 Å². The van der Waals surface area contributed by atoms with Gasteiger partial charge >= 0.3 is 0 Å². The molecule has 0 saturated heterocycles. The van der Waals surface area contributed by atoms with Crippen molar-refractivity contribution in [2.75, 3.05) is 0 Å². The third-order valence-corrected chi connectivity index (χ3v) is 3.62. The Balaban J connectivity index is 2.34. The van der Waals surface area contributed by atoms with Crippen molar-refractivity contribution in [2.45, 2.75) is 47.2 Å². The van der Waals surface area contributed by atoms with Gasteiger partial charge in [-0.2, -0.15) is 5.10 Å². The highest BCUT2D eigenvalue weighted by Gasteiger charge is 2.10. The van der Waals surface area contributed by atoms with Crippen LogP contribution in [0.15, 0.2) is 24.4 Å². The molecule has 1 aromatic heterocycles. The Kier molecular flexibility index (Phi) is 4.05. The molecule has 0 bridgehead atoms. The van der Waals surface area contributed by atoms with Gasteiger partial charge in [0.2, 0.25) is 0 Å². The summed E-state index contributed by atoms with van der Waals surface area (Å²) in [6.07, 6.45) is 1.96. The van der Waals surface area contributed by atoms with Crippen LogP contribution in [0.2, 0.25) is 0 Å². The Morgan fingerprint density at radius 3 is 2.63 bits per heavy atom. The zero-order chi connectivity index (χ0) is 14.0. The first-order chi connectivity index (χ1) is 9.00. The van der Waals surface area contributed by atoms with E-state index in [4.69, 9.17) is 0 Å². The van der Waals surface area contributed by atoms with Gasteiger partial charge < -0.3 is 5.32 Å². The summed E-state index contributed by atoms with van der Waals surface area (Å²) in [5, 5.41) is 7.98. The van der Waals surface area contributed by atoms with Gasteiger partial charge in [0.1, 0.15) is 0 Å². The molecule has 102 valence electrons. The van der Waals surface area contributed by atoms with Crippen LogP contribution in [-0.4, -0.2) is 15.8 Å². The van der Waals surface area contributed by atoms with Gasteiger partial charge in [-0.3, -0.25) is 0 Å². The van der Waals surface area contributed by atoms with Gasteiger partial charge in [0.05, 0.1) is 11.9 Å². The Bertz CT molecular complexity index is 567. The van der Waals surface area contributed by atoms with Crippen LogP contribution in [0.1, 0.15) is 36.2 Å². The number of nitrogens with zero attached hydrogens (tertiary/aromatic N) is 2. The molecule has 1 aromatic carbocycles. The van der Waals surface area contributed by atoms with Crippen LogP contribution in [0.3, 0.4) is 0 Å². The van der Waals surface area contributed by atoms with Gasteiger partial charge in [-0.25, -0.2) is 4.68 Å². The Labute approximate surface area is 115 Å². The van der Waals surface area contributed by atoms with Crippen molar-refractivity contribution in [1.29, 1.82) is 0 Å². The van der Waals surface area contributed by atoms with Crippen molar-refractivity contribution in [3.05, 3.63) is 46.8 Å². The van der Waals surface area contributed by atoms with E-state index in [1.807, 2.05) is 10.9 Å². The molecule has 1 N–H and O–H groups in total. The molecule has 2 rings (SSSR count). The highest BCUT2D eigenvalue weighted by atomic mass is 15.3. The zero-order valence-corrected chi connectivity index (χ0v) is 12.5. The predicted octanol–water partition coefficient (Wildman–Crippen LogP) is 3.30. The first kappa shape index (κ1) is 13.8.